The number of nitrogens with two attached hydrogens (primary N) is 1. The predicted molar refractivity (Wildman–Crippen MR) is 73.2 cm³/mol. The van der Waals surface area contributed by atoms with Crippen LogP contribution in [0.1, 0.15) is 5.56 Å². The Morgan fingerprint density at radius 3 is 2.56 bits per heavy atom. The van der Waals surface area contributed by atoms with E-state index in [4.69, 9.17) is 26.8 Å². The van der Waals surface area contributed by atoms with E-state index >= 15 is 0 Å². The molecule has 0 aliphatic carbocycles. The molecule has 0 aliphatic rings. The average Bonchev–Trinajstić information content (AvgIpc) is 2.37. The molecule has 0 aromatic heterocycles. The predicted octanol–water partition coefficient (Wildman–Crippen LogP) is 3.51. The van der Waals surface area contributed by atoms with E-state index in [2.05, 4.69) is 0 Å². The highest BCUT2D eigenvalue weighted by molar-refractivity contribution is 6.31. The van der Waals surface area contributed by atoms with Crippen LogP contribution in [0.15, 0.2) is 42.5 Å². The van der Waals surface area contributed by atoms with E-state index in [0.29, 0.717) is 28.8 Å². The second-order valence-corrected chi connectivity index (χ2v) is 4.23. The van der Waals surface area contributed by atoms with Crippen LogP contribution in [0, 0.1) is 0 Å². The Morgan fingerprint density at radius 1 is 1.11 bits per heavy atom. The van der Waals surface area contributed by atoms with E-state index in [9.17, 15) is 0 Å². The van der Waals surface area contributed by atoms with Crippen molar-refractivity contribution in [2.45, 2.75) is 6.61 Å². The molecule has 4 heteroatoms. The summed E-state index contributed by atoms with van der Waals surface area (Å²) in [6.07, 6.45) is 0. The Kier molecular flexibility index (Phi) is 3.95. The summed E-state index contributed by atoms with van der Waals surface area (Å²) in [5, 5.41) is 0.688. The third-order valence-corrected chi connectivity index (χ3v) is 2.86. The normalized spacial score (nSPS) is 10.1. The number of anilines is 1. The molecule has 0 saturated heterocycles. The number of benzene rings is 2. The average molecular weight is 264 g/mol. The minimum Gasteiger partial charge on any atom is -0.497 e. The SMILES string of the molecule is COc1cc(N)cc(OCc2ccccc2Cl)c1. The van der Waals surface area contributed by atoms with Gasteiger partial charge in [0.05, 0.1) is 7.11 Å². The van der Waals surface area contributed by atoms with Crippen molar-refractivity contribution in [1.82, 2.24) is 0 Å². The van der Waals surface area contributed by atoms with Crippen molar-refractivity contribution >= 4 is 17.3 Å². The minimum absolute atomic E-state index is 0.395. The maximum absolute atomic E-state index is 6.05. The topological polar surface area (TPSA) is 44.5 Å². The number of halogens is 1. The van der Waals surface area contributed by atoms with Gasteiger partial charge in [0, 0.05) is 34.5 Å². The Bertz CT molecular complexity index is 543. The lowest BCUT2D eigenvalue weighted by molar-refractivity contribution is 0.304. The van der Waals surface area contributed by atoms with Gasteiger partial charge in [0.15, 0.2) is 0 Å². The number of methoxy groups -OCH3 is 1. The summed E-state index contributed by atoms with van der Waals surface area (Å²) in [6.45, 7) is 0.395. The van der Waals surface area contributed by atoms with Gasteiger partial charge < -0.3 is 15.2 Å². The van der Waals surface area contributed by atoms with Crippen molar-refractivity contribution in [3.05, 3.63) is 53.1 Å². The minimum atomic E-state index is 0.395. The van der Waals surface area contributed by atoms with Crippen LogP contribution in [-0.2, 0) is 6.61 Å². The van der Waals surface area contributed by atoms with Gasteiger partial charge in [-0.2, -0.15) is 0 Å². The molecule has 0 spiro atoms. The van der Waals surface area contributed by atoms with Crippen molar-refractivity contribution in [1.29, 1.82) is 0 Å². The number of hydrogen-bond donors (Lipinski definition) is 1. The van der Waals surface area contributed by atoms with Crippen molar-refractivity contribution in [3.63, 3.8) is 0 Å². The monoisotopic (exact) mass is 263 g/mol. The highest BCUT2D eigenvalue weighted by Crippen LogP contribution is 2.25. The molecule has 2 rings (SSSR count). The summed E-state index contributed by atoms with van der Waals surface area (Å²) in [5.74, 6) is 1.33. The first-order chi connectivity index (χ1) is 8.69. The second kappa shape index (κ2) is 5.65. The third-order valence-electron chi connectivity index (χ3n) is 2.49. The molecule has 2 N–H and O–H groups in total. The number of nitrogen functional groups attached to an aromatic ring is 1. The first kappa shape index (κ1) is 12.6. The van der Waals surface area contributed by atoms with Crippen LogP contribution in [0.25, 0.3) is 0 Å². The molecule has 0 amide bonds. The Hall–Kier alpha value is -1.87. The molecule has 94 valence electrons. The van der Waals surface area contributed by atoms with Gasteiger partial charge >= 0.3 is 0 Å². The van der Waals surface area contributed by atoms with Crippen LogP contribution in [0.3, 0.4) is 0 Å². The first-order valence-electron chi connectivity index (χ1n) is 5.50. The summed E-state index contributed by atoms with van der Waals surface area (Å²) >= 11 is 6.05. The number of hydrogen-bond acceptors (Lipinski definition) is 3. The van der Waals surface area contributed by atoms with Crippen LogP contribution >= 0.6 is 11.6 Å². The van der Waals surface area contributed by atoms with Gasteiger partial charge in [0.25, 0.3) is 0 Å². The van der Waals surface area contributed by atoms with Crippen molar-refractivity contribution in [2.24, 2.45) is 0 Å². The zero-order chi connectivity index (χ0) is 13.0. The number of rotatable bonds is 4. The van der Waals surface area contributed by atoms with E-state index in [1.54, 1.807) is 25.3 Å². The van der Waals surface area contributed by atoms with E-state index in [0.717, 1.165) is 5.56 Å². The molecular formula is C14H14ClNO2. The van der Waals surface area contributed by atoms with E-state index in [1.165, 1.54) is 0 Å². The van der Waals surface area contributed by atoms with Gasteiger partial charge in [-0.05, 0) is 6.07 Å². The summed E-state index contributed by atoms with van der Waals surface area (Å²) in [6, 6.07) is 12.8. The zero-order valence-electron chi connectivity index (χ0n) is 10.0. The smallest absolute Gasteiger partial charge is 0.125 e. The maximum Gasteiger partial charge on any atom is 0.125 e. The zero-order valence-corrected chi connectivity index (χ0v) is 10.8. The molecular weight excluding hydrogens is 250 g/mol. The molecule has 0 fully saturated rings. The van der Waals surface area contributed by atoms with Gasteiger partial charge in [0.2, 0.25) is 0 Å². The van der Waals surface area contributed by atoms with Crippen molar-refractivity contribution < 1.29 is 9.47 Å². The van der Waals surface area contributed by atoms with Crippen LogP contribution in [0.4, 0.5) is 5.69 Å². The van der Waals surface area contributed by atoms with Gasteiger partial charge in [0.1, 0.15) is 18.1 Å². The molecule has 0 saturated carbocycles. The fourth-order valence-corrected chi connectivity index (χ4v) is 1.76. The standard InChI is InChI=1S/C14H14ClNO2/c1-17-12-6-11(16)7-13(8-12)18-9-10-4-2-3-5-14(10)15/h2-8H,9,16H2,1H3. The highest BCUT2D eigenvalue weighted by atomic mass is 35.5. The Balaban J connectivity index is 2.11. The Morgan fingerprint density at radius 2 is 1.83 bits per heavy atom. The van der Waals surface area contributed by atoms with E-state index in [1.807, 2.05) is 24.3 Å². The fraction of sp³-hybridized carbons (Fsp3) is 0.143. The maximum atomic E-state index is 6.05. The van der Waals surface area contributed by atoms with Crippen LogP contribution in [-0.4, -0.2) is 7.11 Å². The molecule has 0 aliphatic heterocycles. The van der Waals surface area contributed by atoms with Crippen molar-refractivity contribution in [3.8, 4) is 11.5 Å². The van der Waals surface area contributed by atoms with Crippen LogP contribution < -0.4 is 15.2 Å². The molecule has 2 aromatic rings. The molecule has 18 heavy (non-hydrogen) atoms. The second-order valence-electron chi connectivity index (χ2n) is 3.82. The van der Waals surface area contributed by atoms with Crippen LogP contribution in [0.5, 0.6) is 11.5 Å². The quantitative estimate of drug-likeness (QED) is 0.859. The summed E-state index contributed by atoms with van der Waals surface area (Å²) in [4.78, 5) is 0. The molecule has 2 aromatic carbocycles. The first-order valence-corrected chi connectivity index (χ1v) is 5.87. The lowest BCUT2D eigenvalue weighted by Crippen LogP contribution is -1.97. The van der Waals surface area contributed by atoms with Gasteiger partial charge in [-0.3, -0.25) is 0 Å². The lowest BCUT2D eigenvalue weighted by atomic mass is 10.2. The molecule has 0 unspecified atom stereocenters. The lowest BCUT2D eigenvalue weighted by Gasteiger charge is -2.10. The van der Waals surface area contributed by atoms with Gasteiger partial charge in [-0.15, -0.1) is 0 Å². The molecule has 0 radical (unpaired) electrons. The molecule has 0 bridgehead atoms. The van der Waals surface area contributed by atoms with E-state index < -0.39 is 0 Å². The van der Waals surface area contributed by atoms with E-state index in [-0.39, 0.29) is 0 Å². The third kappa shape index (κ3) is 3.08. The molecule has 0 atom stereocenters. The molecule has 3 nitrogen and oxygen atoms in total. The fourth-order valence-electron chi connectivity index (χ4n) is 1.57. The summed E-state index contributed by atoms with van der Waals surface area (Å²) in [5.41, 5.74) is 7.28. The largest absolute Gasteiger partial charge is 0.497 e. The summed E-state index contributed by atoms with van der Waals surface area (Å²) in [7, 11) is 1.59. The summed E-state index contributed by atoms with van der Waals surface area (Å²) < 4.78 is 10.8. The Labute approximate surface area is 111 Å². The molecule has 0 heterocycles. The van der Waals surface area contributed by atoms with Gasteiger partial charge in [-0.25, -0.2) is 0 Å². The van der Waals surface area contributed by atoms with Crippen molar-refractivity contribution in [2.75, 3.05) is 12.8 Å². The number of ether oxygens (including phenoxy) is 2. The van der Waals surface area contributed by atoms with Crippen LogP contribution in [0.2, 0.25) is 5.02 Å². The highest BCUT2D eigenvalue weighted by Gasteiger charge is 2.03. The van der Waals surface area contributed by atoms with Gasteiger partial charge in [-0.1, -0.05) is 29.8 Å².